The van der Waals surface area contributed by atoms with Crippen molar-refractivity contribution in [3.05, 3.63) is 5.82 Å². The van der Waals surface area contributed by atoms with E-state index in [1.54, 1.807) is 4.57 Å². The van der Waals surface area contributed by atoms with E-state index in [9.17, 15) is 8.42 Å². The van der Waals surface area contributed by atoms with Crippen molar-refractivity contribution in [1.29, 1.82) is 0 Å². The number of hydrogen-bond donors (Lipinski definition) is 0. The quantitative estimate of drug-likeness (QED) is 0.749. The van der Waals surface area contributed by atoms with Crippen LogP contribution in [0.15, 0.2) is 5.16 Å². The molecular formula is C12H20ClN3O3S. The van der Waals surface area contributed by atoms with Crippen LogP contribution in [0.25, 0.3) is 0 Å². The number of ether oxygens (including phenoxy) is 1. The third-order valence-electron chi connectivity index (χ3n) is 3.27. The standard InChI is InChI=1S/C12H20ClN3O3S/c1-9(2)8-16-11(6-5-10-4-3-7-19-10)14-15-12(16)20(13,17)18/h9-10H,3-8H2,1-2H3. The van der Waals surface area contributed by atoms with Gasteiger partial charge in [0.15, 0.2) is 0 Å². The summed E-state index contributed by atoms with van der Waals surface area (Å²) in [6.45, 7) is 5.36. The molecule has 1 aromatic heterocycles. The van der Waals surface area contributed by atoms with Crippen molar-refractivity contribution in [2.75, 3.05) is 6.61 Å². The predicted octanol–water partition coefficient (Wildman–Crippen LogP) is 1.97. The minimum atomic E-state index is -3.87. The topological polar surface area (TPSA) is 74.1 Å². The van der Waals surface area contributed by atoms with Crippen LogP contribution < -0.4 is 0 Å². The van der Waals surface area contributed by atoms with Crippen molar-refractivity contribution < 1.29 is 13.2 Å². The lowest BCUT2D eigenvalue weighted by Gasteiger charge is -2.13. The number of aryl methyl sites for hydroxylation is 1. The van der Waals surface area contributed by atoms with E-state index in [-0.39, 0.29) is 17.2 Å². The summed E-state index contributed by atoms with van der Waals surface area (Å²) in [5.74, 6) is 0.943. The van der Waals surface area contributed by atoms with Crippen LogP contribution in [-0.2, 0) is 26.8 Å². The van der Waals surface area contributed by atoms with Gasteiger partial charge in [-0.25, -0.2) is 8.42 Å². The Bertz CT molecular complexity index is 550. The minimum Gasteiger partial charge on any atom is -0.378 e. The molecule has 6 nitrogen and oxygen atoms in total. The van der Waals surface area contributed by atoms with E-state index in [2.05, 4.69) is 10.2 Å². The zero-order chi connectivity index (χ0) is 14.8. The highest BCUT2D eigenvalue weighted by molar-refractivity contribution is 8.13. The Morgan fingerprint density at radius 1 is 1.45 bits per heavy atom. The van der Waals surface area contributed by atoms with Crippen LogP contribution in [0.3, 0.4) is 0 Å². The maximum atomic E-state index is 11.5. The van der Waals surface area contributed by atoms with Gasteiger partial charge in [0.1, 0.15) is 5.82 Å². The van der Waals surface area contributed by atoms with Crippen LogP contribution in [0, 0.1) is 5.92 Å². The van der Waals surface area contributed by atoms with Gasteiger partial charge in [0, 0.05) is 30.3 Å². The van der Waals surface area contributed by atoms with Gasteiger partial charge < -0.3 is 9.30 Å². The molecule has 1 atom stereocenters. The summed E-state index contributed by atoms with van der Waals surface area (Å²) in [5, 5.41) is 7.57. The first-order chi connectivity index (χ1) is 9.38. The Labute approximate surface area is 123 Å². The van der Waals surface area contributed by atoms with Crippen LogP contribution in [0.2, 0.25) is 0 Å². The smallest absolute Gasteiger partial charge is 0.296 e. The predicted molar refractivity (Wildman–Crippen MR) is 75.2 cm³/mol. The van der Waals surface area contributed by atoms with Gasteiger partial charge in [-0.1, -0.05) is 13.8 Å². The Morgan fingerprint density at radius 3 is 2.75 bits per heavy atom. The lowest BCUT2D eigenvalue weighted by atomic mass is 10.1. The van der Waals surface area contributed by atoms with Crippen molar-refractivity contribution in [2.24, 2.45) is 5.92 Å². The molecule has 114 valence electrons. The minimum absolute atomic E-state index is 0.157. The van der Waals surface area contributed by atoms with Gasteiger partial charge in [0.2, 0.25) is 0 Å². The highest BCUT2D eigenvalue weighted by atomic mass is 35.7. The van der Waals surface area contributed by atoms with Gasteiger partial charge in [-0.15, -0.1) is 10.2 Å². The molecule has 2 rings (SSSR count). The van der Waals surface area contributed by atoms with E-state index in [1.807, 2.05) is 13.8 Å². The van der Waals surface area contributed by atoms with Crippen molar-refractivity contribution in [1.82, 2.24) is 14.8 Å². The summed E-state index contributed by atoms with van der Waals surface area (Å²) in [4.78, 5) is 0. The summed E-state index contributed by atoms with van der Waals surface area (Å²) in [5.41, 5.74) is 0. The number of halogens is 1. The van der Waals surface area contributed by atoms with E-state index in [0.29, 0.717) is 18.8 Å². The van der Waals surface area contributed by atoms with Crippen LogP contribution in [0.5, 0.6) is 0 Å². The molecule has 1 aliphatic heterocycles. The first-order valence-corrected chi connectivity index (χ1v) is 9.17. The van der Waals surface area contributed by atoms with Gasteiger partial charge in [-0.3, -0.25) is 0 Å². The maximum absolute atomic E-state index is 11.5. The van der Waals surface area contributed by atoms with E-state index < -0.39 is 9.05 Å². The molecule has 0 N–H and O–H groups in total. The van der Waals surface area contributed by atoms with E-state index >= 15 is 0 Å². The number of hydrogen-bond acceptors (Lipinski definition) is 5. The zero-order valence-corrected chi connectivity index (χ0v) is 13.3. The third kappa shape index (κ3) is 3.93. The molecule has 1 unspecified atom stereocenters. The molecule has 0 amide bonds. The second kappa shape index (κ2) is 6.41. The fraction of sp³-hybridized carbons (Fsp3) is 0.833. The molecule has 0 bridgehead atoms. The van der Waals surface area contributed by atoms with Gasteiger partial charge in [-0.05, 0) is 25.2 Å². The molecule has 0 spiro atoms. The van der Waals surface area contributed by atoms with Crippen molar-refractivity contribution in [2.45, 2.75) is 57.3 Å². The fourth-order valence-electron chi connectivity index (χ4n) is 2.39. The highest BCUT2D eigenvalue weighted by Crippen LogP contribution is 2.20. The van der Waals surface area contributed by atoms with Crippen LogP contribution >= 0.6 is 10.7 Å². The average Bonchev–Trinajstić information content (AvgIpc) is 2.93. The zero-order valence-electron chi connectivity index (χ0n) is 11.7. The van der Waals surface area contributed by atoms with E-state index in [0.717, 1.165) is 25.9 Å². The van der Waals surface area contributed by atoms with Gasteiger partial charge >= 0.3 is 0 Å². The van der Waals surface area contributed by atoms with Crippen molar-refractivity contribution in [3.63, 3.8) is 0 Å². The summed E-state index contributed by atoms with van der Waals surface area (Å²) in [7, 11) is 1.55. The Kier molecular flexibility index (Phi) is 5.04. The van der Waals surface area contributed by atoms with E-state index in [4.69, 9.17) is 15.4 Å². The first kappa shape index (κ1) is 15.7. The second-order valence-electron chi connectivity index (χ2n) is 5.51. The fourth-order valence-corrected chi connectivity index (χ4v) is 3.32. The van der Waals surface area contributed by atoms with Crippen LogP contribution in [0.1, 0.15) is 38.9 Å². The molecule has 1 saturated heterocycles. The number of rotatable bonds is 6. The van der Waals surface area contributed by atoms with Gasteiger partial charge in [0.05, 0.1) is 6.10 Å². The summed E-state index contributed by atoms with van der Waals surface area (Å²) < 4.78 is 30.2. The average molecular weight is 322 g/mol. The summed E-state index contributed by atoms with van der Waals surface area (Å²) in [6, 6.07) is 0. The molecule has 0 radical (unpaired) electrons. The molecule has 8 heteroatoms. The Hall–Kier alpha value is -0.660. The monoisotopic (exact) mass is 321 g/mol. The lowest BCUT2D eigenvalue weighted by Crippen LogP contribution is -2.15. The van der Waals surface area contributed by atoms with Crippen molar-refractivity contribution >= 4 is 19.7 Å². The van der Waals surface area contributed by atoms with Gasteiger partial charge in [0.25, 0.3) is 14.2 Å². The Morgan fingerprint density at radius 2 is 2.20 bits per heavy atom. The second-order valence-corrected chi connectivity index (χ2v) is 7.97. The first-order valence-electron chi connectivity index (χ1n) is 6.86. The molecule has 0 aromatic carbocycles. The third-order valence-corrected chi connectivity index (χ3v) is 4.43. The molecule has 2 heterocycles. The number of aromatic nitrogens is 3. The summed E-state index contributed by atoms with van der Waals surface area (Å²) >= 11 is 0. The molecule has 0 aliphatic carbocycles. The number of nitrogens with zero attached hydrogens (tertiary/aromatic N) is 3. The molecule has 20 heavy (non-hydrogen) atoms. The molecule has 1 aliphatic rings. The SMILES string of the molecule is CC(C)Cn1c(CCC2CCCO2)nnc1S(=O)(=O)Cl. The normalized spacial score (nSPS) is 19.9. The molecule has 0 saturated carbocycles. The molecule has 1 aromatic rings. The maximum Gasteiger partial charge on any atom is 0.296 e. The van der Waals surface area contributed by atoms with Crippen LogP contribution in [0.4, 0.5) is 0 Å². The lowest BCUT2D eigenvalue weighted by molar-refractivity contribution is 0.104. The van der Waals surface area contributed by atoms with Crippen molar-refractivity contribution in [3.8, 4) is 0 Å². The summed E-state index contributed by atoms with van der Waals surface area (Å²) in [6.07, 6.45) is 3.87. The van der Waals surface area contributed by atoms with Crippen LogP contribution in [-0.4, -0.2) is 35.9 Å². The van der Waals surface area contributed by atoms with Gasteiger partial charge in [-0.2, -0.15) is 0 Å². The molecular weight excluding hydrogens is 302 g/mol. The van der Waals surface area contributed by atoms with E-state index in [1.165, 1.54) is 0 Å². The molecule has 1 fully saturated rings. The highest BCUT2D eigenvalue weighted by Gasteiger charge is 2.24. The largest absolute Gasteiger partial charge is 0.378 e. The Balaban J connectivity index is 2.16.